The Morgan fingerprint density at radius 3 is 2.44 bits per heavy atom. The van der Waals surface area contributed by atoms with Crippen LogP contribution < -0.4 is 4.74 Å². The molecule has 3 nitrogen and oxygen atoms in total. The van der Waals surface area contributed by atoms with Gasteiger partial charge in [-0.25, -0.2) is 0 Å². The normalized spacial score (nSPS) is 12.4. The second kappa shape index (κ2) is 8.95. The van der Waals surface area contributed by atoms with Gasteiger partial charge in [-0.1, -0.05) is 12.1 Å². The molecule has 0 spiro atoms. The first-order valence-corrected chi connectivity index (χ1v) is 6.61. The van der Waals surface area contributed by atoms with Crippen LogP contribution in [-0.2, 0) is 11.2 Å². The van der Waals surface area contributed by atoms with Crippen LogP contribution in [0.3, 0.4) is 0 Å². The van der Waals surface area contributed by atoms with Crippen molar-refractivity contribution in [3.05, 3.63) is 29.8 Å². The predicted octanol–water partition coefficient (Wildman–Crippen LogP) is 2.81. The van der Waals surface area contributed by atoms with E-state index in [0.717, 1.165) is 38.0 Å². The molecule has 1 unspecified atom stereocenters. The average Bonchev–Trinajstić information content (AvgIpc) is 2.37. The average molecular weight is 252 g/mol. The number of rotatable bonds is 9. The van der Waals surface area contributed by atoms with Crippen LogP contribution in [-0.4, -0.2) is 31.5 Å². The summed E-state index contributed by atoms with van der Waals surface area (Å²) in [5, 5.41) is 9.12. The molecule has 0 aliphatic carbocycles. The second-order valence-corrected chi connectivity index (χ2v) is 4.58. The summed E-state index contributed by atoms with van der Waals surface area (Å²) in [4.78, 5) is 0. The Morgan fingerprint density at radius 2 is 1.83 bits per heavy atom. The summed E-state index contributed by atoms with van der Waals surface area (Å²) in [5.74, 6) is 0.910. The summed E-state index contributed by atoms with van der Waals surface area (Å²) < 4.78 is 10.7. The third kappa shape index (κ3) is 6.62. The molecule has 18 heavy (non-hydrogen) atoms. The summed E-state index contributed by atoms with van der Waals surface area (Å²) in [6.45, 7) is 3.28. The van der Waals surface area contributed by atoms with Gasteiger partial charge in [0, 0.05) is 7.11 Å². The fourth-order valence-electron chi connectivity index (χ4n) is 1.70. The minimum Gasteiger partial charge on any atom is -0.494 e. The van der Waals surface area contributed by atoms with Gasteiger partial charge in [0.05, 0.1) is 19.3 Å². The van der Waals surface area contributed by atoms with Crippen molar-refractivity contribution in [3.8, 4) is 5.75 Å². The molecule has 1 aromatic rings. The Labute approximate surface area is 110 Å². The molecule has 0 aliphatic heterocycles. The van der Waals surface area contributed by atoms with E-state index in [-0.39, 0.29) is 6.10 Å². The minimum atomic E-state index is -0.204. The molecule has 1 atom stereocenters. The first-order valence-electron chi connectivity index (χ1n) is 6.61. The van der Waals surface area contributed by atoms with Gasteiger partial charge < -0.3 is 14.6 Å². The third-order valence-electron chi connectivity index (χ3n) is 2.80. The smallest absolute Gasteiger partial charge is 0.119 e. The van der Waals surface area contributed by atoms with E-state index in [1.165, 1.54) is 5.56 Å². The Hall–Kier alpha value is -1.06. The molecule has 1 aromatic carbocycles. The van der Waals surface area contributed by atoms with Crippen LogP contribution in [0.1, 0.15) is 31.7 Å². The second-order valence-electron chi connectivity index (χ2n) is 4.58. The van der Waals surface area contributed by atoms with Gasteiger partial charge >= 0.3 is 0 Å². The number of aliphatic hydroxyl groups excluding tert-OH is 1. The van der Waals surface area contributed by atoms with Gasteiger partial charge in [-0.2, -0.15) is 0 Å². The molecule has 102 valence electrons. The van der Waals surface area contributed by atoms with Crippen molar-refractivity contribution in [3.63, 3.8) is 0 Å². The fourth-order valence-corrected chi connectivity index (χ4v) is 1.70. The topological polar surface area (TPSA) is 38.7 Å². The molecule has 0 aromatic heterocycles. The van der Waals surface area contributed by atoms with Crippen LogP contribution in [0.15, 0.2) is 24.3 Å². The zero-order valence-electron chi connectivity index (χ0n) is 11.4. The zero-order chi connectivity index (χ0) is 13.2. The summed E-state index contributed by atoms with van der Waals surface area (Å²) >= 11 is 0. The van der Waals surface area contributed by atoms with E-state index in [4.69, 9.17) is 14.6 Å². The number of aliphatic hydroxyl groups is 1. The largest absolute Gasteiger partial charge is 0.494 e. The Kier molecular flexibility index (Phi) is 7.46. The molecule has 1 N–H and O–H groups in total. The van der Waals surface area contributed by atoms with Crippen molar-refractivity contribution in [2.24, 2.45) is 0 Å². The monoisotopic (exact) mass is 252 g/mol. The third-order valence-corrected chi connectivity index (χ3v) is 2.80. The van der Waals surface area contributed by atoms with E-state index in [1.54, 1.807) is 7.11 Å². The molecule has 0 radical (unpaired) electrons. The van der Waals surface area contributed by atoms with Gasteiger partial charge in [0.15, 0.2) is 0 Å². The summed E-state index contributed by atoms with van der Waals surface area (Å²) in [6, 6.07) is 8.15. The number of benzene rings is 1. The van der Waals surface area contributed by atoms with Crippen molar-refractivity contribution in [2.45, 2.75) is 38.7 Å². The Balaban J connectivity index is 2.18. The first-order chi connectivity index (χ1) is 8.72. The minimum absolute atomic E-state index is 0.204. The highest BCUT2D eigenvalue weighted by molar-refractivity contribution is 5.27. The maximum Gasteiger partial charge on any atom is 0.119 e. The van der Waals surface area contributed by atoms with E-state index in [9.17, 15) is 0 Å². The predicted molar refractivity (Wildman–Crippen MR) is 73.0 cm³/mol. The van der Waals surface area contributed by atoms with Gasteiger partial charge in [-0.05, 0) is 50.3 Å². The van der Waals surface area contributed by atoms with Crippen molar-refractivity contribution < 1.29 is 14.6 Å². The SMILES string of the molecule is COCCc1ccc(OCCCCC(C)O)cc1. The molecular formula is C15H24O3. The van der Waals surface area contributed by atoms with Gasteiger partial charge in [0.25, 0.3) is 0 Å². The van der Waals surface area contributed by atoms with Crippen LogP contribution in [0, 0.1) is 0 Å². The van der Waals surface area contributed by atoms with E-state index >= 15 is 0 Å². The van der Waals surface area contributed by atoms with Gasteiger partial charge in [-0.15, -0.1) is 0 Å². The Morgan fingerprint density at radius 1 is 1.11 bits per heavy atom. The molecule has 0 heterocycles. The number of hydrogen-bond donors (Lipinski definition) is 1. The zero-order valence-corrected chi connectivity index (χ0v) is 11.4. The lowest BCUT2D eigenvalue weighted by Gasteiger charge is -2.08. The highest BCUT2D eigenvalue weighted by atomic mass is 16.5. The van der Waals surface area contributed by atoms with Gasteiger partial charge in [0.1, 0.15) is 5.75 Å². The highest BCUT2D eigenvalue weighted by Gasteiger charge is 1.98. The van der Waals surface area contributed by atoms with E-state index < -0.39 is 0 Å². The van der Waals surface area contributed by atoms with Gasteiger partial charge in [0.2, 0.25) is 0 Å². The van der Waals surface area contributed by atoms with Crippen molar-refractivity contribution in [1.29, 1.82) is 0 Å². The summed E-state index contributed by atoms with van der Waals surface area (Å²) in [6.07, 6.45) is 3.56. The summed E-state index contributed by atoms with van der Waals surface area (Å²) in [7, 11) is 1.71. The van der Waals surface area contributed by atoms with Crippen molar-refractivity contribution >= 4 is 0 Å². The number of hydrogen-bond acceptors (Lipinski definition) is 3. The Bertz CT molecular complexity index is 306. The fraction of sp³-hybridized carbons (Fsp3) is 0.600. The number of ether oxygens (including phenoxy) is 2. The first kappa shape index (κ1) is 15.0. The molecule has 0 fully saturated rings. The molecule has 0 aliphatic rings. The quantitative estimate of drug-likeness (QED) is 0.687. The van der Waals surface area contributed by atoms with E-state index in [0.29, 0.717) is 6.61 Å². The standard InChI is InChI=1S/C15H24O3/c1-13(16)5-3-4-11-18-15-8-6-14(7-9-15)10-12-17-2/h6-9,13,16H,3-5,10-12H2,1-2H3. The molecule has 0 bridgehead atoms. The molecule has 0 saturated carbocycles. The number of methoxy groups -OCH3 is 1. The molecule has 3 heteroatoms. The van der Waals surface area contributed by atoms with Crippen molar-refractivity contribution in [1.82, 2.24) is 0 Å². The summed E-state index contributed by atoms with van der Waals surface area (Å²) in [5.41, 5.74) is 1.26. The molecule has 1 rings (SSSR count). The van der Waals surface area contributed by atoms with Crippen LogP contribution >= 0.6 is 0 Å². The highest BCUT2D eigenvalue weighted by Crippen LogP contribution is 2.13. The van der Waals surface area contributed by atoms with Crippen LogP contribution in [0.2, 0.25) is 0 Å². The van der Waals surface area contributed by atoms with E-state index in [2.05, 4.69) is 12.1 Å². The van der Waals surface area contributed by atoms with E-state index in [1.807, 2.05) is 19.1 Å². The van der Waals surface area contributed by atoms with Crippen LogP contribution in [0.4, 0.5) is 0 Å². The van der Waals surface area contributed by atoms with Crippen LogP contribution in [0.25, 0.3) is 0 Å². The lowest BCUT2D eigenvalue weighted by Crippen LogP contribution is -2.02. The molecule has 0 amide bonds. The maximum atomic E-state index is 9.12. The molecular weight excluding hydrogens is 228 g/mol. The molecule has 0 saturated heterocycles. The van der Waals surface area contributed by atoms with Crippen molar-refractivity contribution in [2.75, 3.05) is 20.3 Å². The maximum absolute atomic E-state index is 9.12. The lowest BCUT2D eigenvalue weighted by molar-refractivity contribution is 0.177. The number of unbranched alkanes of at least 4 members (excludes halogenated alkanes) is 1. The van der Waals surface area contributed by atoms with Crippen LogP contribution in [0.5, 0.6) is 5.75 Å². The van der Waals surface area contributed by atoms with Gasteiger partial charge in [-0.3, -0.25) is 0 Å². The lowest BCUT2D eigenvalue weighted by atomic mass is 10.1.